The summed E-state index contributed by atoms with van der Waals surface area (Å²) in [7, 11) is 3.27. The fraction of sp³-hybridized carbons (Fsp3) is 0.0952. The van der Waals surface area contributed by atoms with Crippen LogP contribution >= 0.6 is 12.4 Å². The number of halogens is 1. The number of aromatic nitrogens is 1. The molecule has 1 aromatic heterocycles. The van der Waals surface area contributed by atoms with Crippen LogP contribution in [0, 0.1) is 0 Å². The number of methoxy groups -OCH3 is 2. The lowest BCUT2D eigenvalue weighted by atomic mass is 10.1. The van der Waals surface area contributed by atoms with E-state index in [1.807, 2.05) is 54.6 Å². The Kier molecular flexibility index (Phi) is 5.14. The summed E-state index contributed by atoms with van der Waals surface area (Å²) in [5.74, 6) is 1.40. The second kappa shape index (κ2) is 7.50. The van der Waals surface area contributed by atoms with Crippen molar-refractivity contribution < 1.29 is 9.47 Å². The van der Waals surface area contributed by atoms with Crippen LogP contribution in [0.4, 0.5) is 11.4 Å². The van der Waals surface area contributed by atoms with E-state index in [4.69, 9.17) is 14.5 Å². The number of anilines is 2. The molecular weight excluding hydrogens is 348 g/mol. The standard InChI is InChI=1S/C21H18N2O2.ClH/c1-24-19-12-11-14(13-20(19)25-2)22-21-15-7-3-5-9-17(15)23-18-10-6-4-8-16(18)21;/h3-13H,1-2H3,(H,22,23);1H. The molecule has 0 amide bonds. The maximum atomic E-state index is 5.41. The van der Waals surface area contributed by atoms with E-state index in [2.05, 4.69) is 17.4 Å². The van der Waals surface area contributed by atoms with Crippen LogP contribution in [-0.4, -0.2) is 19.2 Å². The van der Waals surface area contributed by atoms with E-state index >= 15 is 0 Å². The van der Waals surface area contributed by atoms with Crippen LogP contribution in [0.15, 0.2) is 66.7 Å². The van der Waals surface area contributed by atoms with Crippen molar-refractivity contribution in [2.24, 2.45) is 0 Å². The fourth-order valence-electron chi connectivity index (χ4n) is 3.03. The lowest BCUT2D eigenvalue weighted by molar-refractivity contribution is 0.355. The number of nitrogens with one attached hydrogen (secondary N) is 1. The van der Waals surface area contributed by atoms with Gasteiger partial charge in [0.25, 0.3) is 0 Å². The average Bonchev–Trinajstić information content (AvgIpc) is 2.67. The molecule has 0 unspecified atom stereocenters. The summed E-state index contributed by atoms with van der Waals surface area (Å²) in [6.07, 6.45) is 0. The zero-order chi connectivity index (χ0) is 17.2. The molecule has 1 heterocycles. The summed E-state index contributed by atoms with van der Waals surface area (Å²) >= 11 is 0. The summed E-state index contributed by atoms with van der Waals surface area (Å²) in [6, 6.07) is 22.1. The van der Waals surface area contributed by atoms with Crippen molar-refractivity contribution in [2.75, 3.05) is 19.5 Å². The van der Waals surface area contributed by atoms with E-state index < -0.39 is 0 Å². The van der Waals surface area contributed by atoms with Crippen molar-refractivity contribution in [3.8, 4) is 11.5 Å². The summed E-state index contributed by atoms with van der Waals surface area (Å²) in [6.45, 7) is 0. The van der Waals surface area contributed by atoms with Gasteiger partial charge < -0.3 is 14.8 Å². The maximum Gasteiger partial charge on any atom is 0.162 e. The zero-order valence-electron chi connectivity index (χ0n) is 14.5. The molecule has 0 aliphatic heterocycles. The van der Waals surface area contributed by atoms with Gasteiger partial charge in [-0.05, 0) is 24.3 Å². The molecular formula is C21H19ClN2O2. The number of rotatable bonds is 4. The third-order valence-electron chi connectivity index (χ3n) is 4.24. The van der Waals surface area contributed by atoms with E-state index in [1.54, 1.807) is 14.2 Å². The van der Waals surface area contributed by atoms with E-state index in [0.29, 0.717) is 11.5 Å². The molecule has 0 fully saturated rings. The minimum absolute atomic E-state index is 0. The molecule has 0 saturated carbocycles. The van der Waals surface area contributed by atoms with Crippen LogP contribution < -0.4 is 14.8 Å². The van der Waals surface area contributed by atoms with E-state index in [1.165, 1.54) is 0 Å². The van der Waals surface area contributed by atoms with Crippen molar-refractivity contribution >= 4 is 45.6 Å². The average molecular weight is 367 g/mol. The molecule has 4 rings (SSSR count). The fourth-order valence-corrected chi connectivity index (χ4v) is 3.03. The largest absolute Gasteiger partial charge is 0.493 e. The smallest absolute Gasteiger partial charge is 0.162 e. The Morgan fingerprint density at radius 1 is 0.731 bits per heavy atom. The van der Waals surface area contributed by atoms with Gasteiger partial charge in [-0.1, -0.05) is 36.4 Å². The van der Waals surface area contributed by atoms with Gasteiger partial charge in [0.2, 0.25) is 0 Å². The highest BCUT2D eigenvalue weighted by molar-refractivity contribution is 6.08. The molecule has 3 aromatic carbocycles. The highest BCUT2D eigenvalue weighted by Gasteiger charge is 2.10. The Morgan fingerprint density at radius 3 is 1.88 bits per heavy atom. The molecule has 0 spiro atoms. The van der Waals surface area contributed by atoms with Crippen LogP contribution in [-0.2, 0) is 0 Å². The van der Waals surface area contributed by atoms with Crippen LogP contribution in [0.1, 0.15) is 0 Å². The Balaban J connectivity index is 0.00000196. The number of fused-ring (bicyclic) bond motifs is 2. The first-order chi connectivity index (χ1) is 12.3. The van der Waals surface area contributed by atoms with Gasteiger partial charge >= 0.3 is 0 Å². The molecule has 0 aliphatic rings. The summed E-state index contributed by atoms with van der Waals surface area (Å²) in [4.78, 5) is 4.76. The number of pyridine rings is 1. The normalized spacial score (nSPS) is 10.4. The molecule has 0 saturated heterocycles. The van der Waals surface area contributed by atoms with E-state index in [-0.39, 0.29) is 12.4 Å². The van der Waals surface area contributed by atoms with Crippen molar-refractivity contribution in [1.29, 1.82) is 0 Å². The SMILES string of the molecule is COc1ccc(Nc2c3ccccc3nc3ccccc23)cc1OC.Cl. The Morgan fingerprint density at radius 2 is 1.31 bits per heavy atom. The van der Waals surface area contributed by atoms with Gasteiger partial charge in [-0.2, -0.15) is 0 Å². The summed E-state index contributed by atoms with van der Waals surface area (Å²) < 4.78 is 10.7. The molecule has 26 heavy (non-hydrogen) atoms. The first-order valence-electron chi connectivity index (χ1n) is 8.06. The van der Waals surface area contributed by atoms with Crippen LogP contribution in [0.2, 0.25) is 0 Å². The number of ether oxygens (including phenoxy) is 2. The maximum absolute atomic E-state index is 5.41. The molecule has 0 bridgehead atoms. The molecule has 5 heteroatoms. The first kappa shape index (κ1) is 17.8. The predicted molar refractivity (Wildman–Crippen MR) is 109 cm³/mol. The quantitative estimate of drug-likeness (QED) is 0.479. The molecule has 4 nitrogen and oxygen atoms in total. The van der Waals surface area contributed by atoms with Gasteiger partial charge in [-0.25, -0.2) is 4.98 Å². The Hall–Kier alpha value is -2.98. The number of para-hydroxylation sites is 2. The van der Waals surface area contributed by atoms with Gasteiger partial charge in [0.05, 0.1) is 30.9 Å². The van der Waals surface area contributed by atoms with Crippen molar-refractivity contribution in [1.82, 2.24) is 4.98 Å². The summed E-state index contributed by atoms with van der Waals surface area (Å²) in [5.41, 5.74) is 3.89. The Bertz CT molecular complexity index is 1010. The van der Waals surface area contributed by atoms with Gasteiger partial charge in [0.15, 0.2) is 11.5 Å². The highest BCUT2D eigenvalue weighted by Crippen LogP contribution is 2.35. The highest BCUT2D eigenvalue weighted by atomic mass is 35.5. The van der Waals surface area contributed by atoms with Crippen LogP contribution in [0.5, 0.6) is 11.5 Å². The molecule has 1 N–H and O–H groups in total. The van der Waals surface area contributed by atoms with Crippen molar-refractivity contribution in [3.63, 3.8) is 0 Å². The monoisotopic (exact) mass is 366 g/mol. The third kappa shape index (κ3) is 3.11. The number of benzene rings is 3. The van der Waals surface area contributed by atoms with Crippen LogP contribution in [0.3, 0.4) is 0 Å². The second-order valence-electron chi connectivity index (χ2n) is 5.72. The van der Waals surface area contributed by atoms with Crippen molar-refractivity contribution in [3.05, 3.63) is 66.7 Å². The first-order valence-corrected chi connectivity index (χ1v) is 8.06. The third-order valence-corrected chi connectivity index (χ3v) is 4.24. The van der Waals surface area contributed by atoms with Gasteiger partial charge in [0, 0.05) is 22.5 Å². The molecule has 4 aromatic rings. The molecule has 0 aliphatic carbocycles. The Labute approximate surface area is 158 Å². The topological polar surface area (TPSA) is 43.4 Å². The number of hydrogen-bond acceptors (Lipinski definition) is 4. The predicted octanol–water partition coefficient (Wildman–Crippen LogP) is 5.57. The second-order valence-corrected chi connectivity index (χ2v) is 5.72. The number of hydrogen-bond donors (Lipinski definition) is 1. The molecule has 0 atom stereocenters. The minimum Gasteiger partial charge on any atom is -0.493 e. The lowest BCUT2D eigenvalue weighted by Crippen LogP contribution is -1.97. The summed E-state index contributed by atoms with van der Waals surface area (Å²) in [5, 5.41) is 5.70. The van der Waals surface area contributed by atoms with E-state index in [9.17, 15) is 0 Å². The van der Waals surface area contributed by atoms with Crippen molar-refractivity contribution in [2.45, 2.75) is 0 Å². The van der Waals surface area contributed by atoms with Gasteiger partial charge in [-0.3, -0.25) is 0 Å². The van der Waals surface area contributed by atoms with Gasteiger partial charge in [-0.15, -0.1) is 12.4 Å². The molecule has 132 valence electrons. The lowest BCUT2D eigenvalue weighted by Gasteiger charge is -2.15. The number of nitrogens with zero attached hydrogens (tertiary/aromatic N) is 1. The molecule has 0 radical (unpaired) electrons. The van der Waals surface area contributed by atoms with Crippen LogP contribution in [0.25, 0.3) is 21.8 Å². The van der Waals surface area contributed by atoms with Gasteiger partial charge in [0.1, 0.15) is 0 Å². The van der Waals surface area contributed by atoms with E-state index in [0.717, 1.165) is 33.2 Å². The minimum atomic E-state index is 0. The zero-order valence-corrected chi connectivity index (χ0v) is 15.3.